The second-order valence-electron chi connectivity index (χ2n) is 3.01. The van der Waals surface area contributed by atoms with Crippen molar-refractivity contribution in [3.05, 3.63) is 0 Å². The molecule has 12 heteroatoms. The van der Waals surface area contributed by atoms with Crippen LogP contribution < -0.4 is 11.5 Å². The molecule has 0 aliphatic carbocycles. The number of ether oxygens (including phenoxy) is 2. The van der Waals surface area contributed by atoms with E-state index in [2.05, 4.69) is 20.9 Å². The highest BCUT2D eigenvalue weighted by Crippen LogP contribution is 1.92. The third-order valence-corrected chi connectivity index (χ3v) is 1.37. The lowest BCUT2D eigenvalue weighted by Gasteiger charge is -2.09. The molecule has 0 aromatic heterocycles. The molecule has 8 N–H and O–H groups in total. The van der Waals surface area contributed by atoms with Gasteiger partial charge in [0.25, 0.3) is 0 Å². The zero-order valence-electron chi connectivity index (χ0n) is 10.1. The zero-order chi connectivity index (χ0) is 16.5. The van der Waals surface area contributed by atoms with E-state index in [4.69, 9.17) is 20.4 Å². The minimum absolute atomic E-state index is 1.02. The predicted octanol–water partition coefficient (Wildman–Crippen LogP) is -2.60. The highest BCUT2D eigenvalue weighted by Gasteiger charge is 2.29. The van der Waals surface area contributed by atoms with E-state index >= 15 is 0 Å². The Morgan fingerprint density at radius 3 is 1.25 bits per heavy atom. The average Bonchev–Trinajstić information content (AvgIpc) is 2.25. The van der Waals surface area contributed by atoms with Gasteiger partial charge in [0.2, 0.25) is 6.29 Å². The molecule has 0 fully saturated rings. The summed E-state index contributed by atoms with van der Waals surface area (Å²) >= 11 is 0. The van der Waals surface area contributed by atoms with Gasteiger partial charge in [-0.15, -0.1) is 0 Å². The quantitative estimate of drug-likeness (QED) is 0.290. The predicted molar refractivity (Wildman–Crippen MR) is 58.1 cm³/mol. The molecule has 0 rings (SSSR count). The fraction of sp³-hybridized carbons (Fsp3) is 0.500. The molecular weight excluding hydrogens is 284 g/mol. The van der Waals surface area contributed by atoms with Crippen LogP contribution in [0.2, 0.25) is 0 Å². The first-order chi connectivity index (χ1) is 8.98. The first-order valence-electron chi connectivity index (χ1n) is 4.73. The number of carboxylic acids is 2. The SMILES string of the molecule is CC(OC(N)=O)OC(N)=O.O=C(O)C(O)C(O)C(=O)O. The number of carbonyl (C=O) groups excluding carboxylic acids is 2. The van der Waals surface area contributed by atoms with Crippen LogP contribution in [-0.4, -0.2) is 63.0 Å². The first kappa shape index (κ1) is 19.7. The molecular formula is C8H14N2O10. The van der Waals surface area contributed by atoms with E-state index in [1.807, 2.05) is 0 Å². The highest BCUT2D eigenvalue weighted by molar-refractivity contribution is 5.83. The molecule has 0 bridgehead atoms. The average molecular weight is 298 g/mol. The van der Waals surface area contributed by atoms with Crippen LogP contribution in [0.3, 0.4) is 0 Å². The summed E-state index contributed by atoms with van der Waals surface area (Å²) in [7, 11) is 0. The minimum atomic E-state index is -2.27. The van der Waals surface area contributed by atoms with E-state index in [1.54, 1.807) is 0 Å². The lowest BCUT2D eigenvalue weighted by Crippen LogP contribution is -2.39. The standard InChI is InChI=1S/C4H8N2O4.C4H6O6/c1-2(9-3(5)7)10-4(6)8;5-1(3(7)8)2(6)4(9)10/h2H,1H3,(H2,5,7)(H2,6,8);1-2,5-6H,(H,7,8)(H,9,10). The van der Waals surface area contributed by atoms with Crippen molar-refractivity contribution in [3.63, 3.8) is 0 Å². The van der Waals surface area contributed by atoms with Gasteiger partial charge < -0.3 is 41.4 Å². The number of hydrogen-bond acceptors (Lipinski definition) is 8. The van der Waals surface area contributed by atoms with Gasteiger partial charge in [-0.2, -0.15) is 0 Å². The number of carboxylic acid groups (broad SMARTS) is 2. The van der Waals surface area contributed by atoms with Crippen molar-refractivity contribution in [2.24, 2.45) is 11.5 Å². The van der Waals surface area contributed by atoms with E-state index in [9.17, 15) is 19.2 Å². The maximum atomic E-state index is 9.96. The third kappa shape index (κ3) is 10.5. The Morgan fingerprint density at radius 2 is 1.10 bits per heavy atom. The van der Waals surface area contributed by atoms with Crippen LogP contribution in [0.25, 0.3) is 0 Å². The van der Waals surface area contributed by atoms with Crippen LogP contribution in [0.5, 0.6) is 0 Å². The first-order valence-corrected chi connectivity index (χ1v) is 4.73. The Labute approximate surface area is 111 Å². The zero-order valence-corrected chi connectivity index (χ0v) is 10.1. The molecule has 20 heavy (non-hydrogen) atoms. The fourth-order valence-corrected chi connectivity index (χ4v) is 0.621. The molecule has 0 aromatic rings. The monoisotopic (exact) mass is 298 g/mol. The molecule has 116 valence electrons. The Kier molecular flexibility index (Phi) is 9.22. The molecule has 0 spiro atoms. The maximum Gasteiger partial charge on any atom is 0.407 e. The molecule has 0 saturated carbocycles. The largest absolute Gasteiger partial charge is 0.479 e. The summed E-state index contributed by atoms with van der Waals surface area (Å²) in [5.74, 6) is -3.54. The van der Waals surface area contributed by atoms with Gasteiger partial charge in [-0.3, -0.25) is 0 Å². The van der Waals surface area contributed by atoms with Crippen molar-refractivity contribution in [2.45, 2.75) is 25.4 Å². The number of aliphatic hydroxyl groups is 2. The van der Waals surface area contributed by atoms with Crippen LogP contribution in [-0.2, 0) is 19.1 Å². The number of aliphatic hydroxyl groups excluding tert-OH is 2. The second-order valence-corrected chi connectivity index (χ2v) is 3.01. The van der Waals surface area contributed by atoms with Gasteiger partial charge >= 0.3 is 24.1 Å². The van der Waals surface area contributed by atoms with Crippen molar-refractivity contribution >= 4 is 24.1 Å². The van der Waals surface area contributed by atoms with E-state index < -0.39 is 42.6 Å². The number of hydrogen-bond donors (Lipinski definition) is 6. The van der Waals surface area contributed by atoms with Gasteiger partial charge in [-0.1, -0.05) is 0 Å². The number of amides is 2. The van der Waals surface area contributed by atoms with Crippen molar-refractivity contribution < 1.29 is 49.1 Å². The lowest BCUT2D eigenvalue weighted by atomic mass is 10.2. The van der Waals surface area contributed by atoms with Crippen LogP contribution in [0.15, 0.2) is 0 Å². The summed E-state index contributed by atoms with van der Waals surface area (Å²) in [5, 5.41) is 32.5. The number of nitrogens with two attached hydrogens (primary N) is 2. The summed E-state index contributed by atoms with van der Waals surface area (Å²) in [6.45, 7) is 1.32. The van der Waals surface area contributed by atoms with E-state index in [-0.39, 0.29) is 0 Å². The lowest BCUT2D eigenvalue weighted by molar-refractivity contribution is -0.165. The maximum absolute atomic E-state index is 9.96. The van der Waals surface area contributed by atoms with Gasteiger partial charge in [-0.05, 0) is 0 Å². The fourth-order valence-electron chi connectivity index (χ4n) is 0.621. The minimum Gasteiger partial charge on any atom is -0.479 e. The van der Waals surface area contributed by atoms with Crippen molar-refractivity contribution in [1.29, 1.82) is 0 Å². The Balaban J connectivity index is 0. The van der Waals surface area contributed by atoms with Crippen molar-refractivity contribution in [2.75, 3.05) is 0 Å². The molecule has 2 amide bonds. The summed E-state index contributed by atoms with van der Waals surface area (Å²) < 4.78 is 8.35. The Hall–Kier alpha value is -2.60. The Bertz CT molecular complexity index is 336. The number of carbonyl (C=O) groups is 4. The molecule has 0 saturated heterocycles. The summed E-state index contributed by atoms with van der Waals surface area (Å²) in [6, 6.07) is 0. The number of aliphatic carboxylic acids is 2. The Morgan fingerprint density at radius 1 is 0.850 bits per heavy atom. The van der Waals surface area contributed by atoms with Crippen LogP contribution in [0.4, 0.5) is 9.59 Å². The molecule has 2 atom stereocenters. The van der Waals surface area contributed by atoms with Crippen LogP contribution in [0.1, 0.15) is 6.92 Å². The number of rotatable bonds is 5. The van der Waals surface area contributed by atoms with Gasteiger partial charge in [0.1, 0.15) is 0 Å². The van der Waals surface area contributed by atoms with Gasteiger partial charge in [0, 0.05) is 6.92 Å². The molecule has 0 aliphatic heterocycles. The normalized spacial score (nSPS) is 12.4. The molecule has 0 radical (unpaired) electrons. The van der Waals surface area contributed by atoms with Crippen LogP contribution in [0, 0.1) is 0 Å². The van der Waals surface area contributed by atoms with Gasteiger partial charge in [0.05, 0.1) is 0 Å². The summed E-state index contributed by atoms with van der Waals surface area (Å²) in [6.07, 6.45) is -7.60. The summed E-state index contributed by atoms with van der Waals surface area (Å²) in [4.78, 5) is 39.5. The van der Waals surface area contributed by atoms with E-state index in [0.717, 1.165) is 0 Å². The topological polar surface area (TPSA) is 220 Å². The van der Waals surface area contributed by atoms with Crippen LogP contribution >= 0.6 is 0 Å². The van der Waals surface area contributed by atoms with E-state index in [0.29, 0.717) is 0 Å². The van der Waals surface area contributed by atoms with Crippen molar-refractivity contribution in [1.82, 2.24) is 0 Å². The molecule has 2 unspecified atom stereocenters. The smallest absolute Gasteiger partial charge is 0.407 e. The molecule has 0 heterocycles. The molecule has 12 nitrogen and oxygen atoms in total. The van der Waals surface area contributed by atoms with Crippen molar-refractivity contribution in [3.8, 4) is 0 Å². The highest BCUT2D eigenvalue weighted by atomic mass is 16.7. The molecule has 0 aromatic carbocycles. The van der Waals surface area contributed by atoms with Gasteiger partial charge in [-0.25, -0.2) is 19.2 Å². The molecule has 0 aliphatic rings. The summed E-state index contributed by atoms with van der Waals surface area (Å²) in [5.41, 5.74) is 9.15. The van der Waals surface area contributed by atoms with E-state index in [1.165, 1.54) is 6.92 Å². The van der Waals surface area contributed by atoms with Gasteiger partial charge in [0.15, 0.2) is 12.2 Å². The third-order valence-electron chi connectivity index (χ3n) is 1.37. The second kappa shape index (κ2) is 9.35. The number of primary amides is 2.